The van der Waals surface area contributed by atoms with E-state index in [2.05, 4.69) is 48.1 Å². The van der Waals surface area contributed by atoms with Gasteiger partial charge in [-0.05, 0) is 5.92 Å². The van der Waals surface area contributed by atoms with Gasteiger partial charge >= 0.3 is 19.5 Å². The van der Waals surface area contributed by atoms with Crippen molar-refractivity contribution in [3.05, 3.63) is 5.92 Å². The average Bonchev–Trinajstić information content (AvgIpc) is 2.40. The van der Waals surface area contributed by atoms with Crippen LogP contribution in [-0.4, -0.2) is 20.4 Å². The van der Waals surface area contributed by atoms with Crippen LogP contribution < -0.4 is 0 Å². The van der Waals surface area contributed by atoms with Crippen LogP contribution in [0.25, 0.3) is 0 Å². The van der Waals surface area contributed by atoms with Gasteiger partial charge < -0.3 is 20.3 Å². The van der Waals surface area contributed by atoms with Gasteiger partial charge in [-0.3, -0.25) is 20.4 Å². The summed E-state index contributed by atoms with van der Waals surface area (Å²) in [7, 11) is 0. The zero-order chi connectivity index (χ0) is 15.4. The van der Waals surface area contributed by atoms with Crippen molar-refractivity contribution in [2.24, 2.45) is 5.92 Å². The maximum atomic E-state index is 7.75. The van der Waals surface area contributed by atoms with E-state index in [1.54, 1.807) is 5.92 Å². The van der Waals surface area contributed by atoms with Gasteiger partial charge in [0.2, 0.25) is 0 Å². The Labute approximate surface area is 132 Å². The van der Waals surface area contributed by atoms with Gasteiger partial charge in [0.25, 0.3) is 0 Å². The van der Waals surface area contributed by atoms with E-state index in [4.69, 9.17) is 14.4 Å². The van der Waals surface area contributed by atoms with E-state index >= 15 is 0 Å². The van der Waals surface area contributed by atoms with Crippen LogP contribution >= 0.6 is 0 Å². The van der Waals surface area contributed by atoms with Crippen LogP contribution in [0.1, 0.15) is 66.2 Å². The Hall–Kier alpha value is -0.367. The molecule has 0 spiro atoms. The second-order valence-corrected chi connectivity index (χ2v) is 4.55. The van der Waals surface area contributed by atoms with Crippen molar-refractivity contribution >= 4 is 20.4 Å². The fraction of sp³-hybridized carbons (Fsp3) is 0.733. The molecule has 4 heteroatoms. The van der Waals surface area contributed by atoms with Crippen molar-refractivity contribution in [2.75, 3.05) is 0 Å². The molecule has 0 saturated heterocycles. The Morgan fingerprint density at radius 3 is 1.47 bits per heavy atom. The number of unbranched alkanes of at least 4 members (excludes halogenated alkanes) is 3. The summed E-state index contributed by atoms with van der Waals surface area (Å²) < 4.78 is 0. The van der Waals surface area contributed by atoms with Crippen LogP contribution in [0.15, 0.2) is 0 Å². The van der Waals surface area contributed by atoms with Crippen LogP contribution in [0.3, 0.4) is 0 Å². The van der Waals surface area contributed by atoms with E-state index in [0.29, 0.717) is 0 Å². The van der Waals surface area contributed by atoms with Crippen molar-refractivity contribution in [3.8, 4) is 0 Å². The molecule has 0 aliphatic rings. The van der Waals surface area contributed by atoms with E-state index in [9.17, 15) is 0 Å². The number of hydrogen-bond acceptors (Lipinski definition) is 3. The Morgan fingerprint density at radius 2 is 1.16 bits per heavy atom. The molecule has 0 aromatic carbocycles. The van der Waals surface area contributed by atoms with Gasteiger partial charge in [0.1, 0.15) is 0 Å². The minimum absolute atomic E-state index is 0. The van der Waals surface area contributed by atoms with Gasteiger partial charge in [-0.2, -0.15) is 20.3 Å². The molecule has 0 amide bonds. The number of rotatable bonds is 7. The smallest absolute Gasteiger partial charge is 0.545 e. The molecule has 0 aromatic rings. The van der Waals surface area contributed by atoms with Gasteiger partial charge in [-0.25, -0.2) is 0 Å². The first-order chi connectivity index (χ1) is 8.63. The summed E-state index contributed by atoms with van der Waals surface area (Å²) in [4.78, 5) is 23.2. The zero-order valence-electron chi connectivity index (χ0n) is 12.6. The molecule has 114 valence electrons. The topological polar surface area (TPSA) is 51.2 Å². The van der Waals surface area contributed by atoms with Crippen molar-refractivity contribution in [1.82, 2.24) is 0 Å². The van der Waals surface area contributed by atoms with Gasteiger partial charge in [-0.1, -0.05) is 46.0 Å². The molecule has 0 radical (unpaired) electrons. The molecule has 0 heterocycles. The van der Waals surface area contributed by atoms with E-state index < -0.39 is 0 Å². The maximum absolute atomic E-state index is 7.75. The Morgan fingerprint density at radius 1 is 0.789 bits per heavy atom. The van der Waals surface area contributed by atoms with E-state index in [1.807, 2.05) is 0 Å². The predicted molar refractivity (Wildman–Crippen MR) is 77.4 cm³/mol. The summed E-state index contributed by atoms with van der Waals surface area (Å²) in [5, 5.41) is 0. The van der Waals surface area contributed by atoms with Crippen molar-refractivity contribution in [2.45, 2.75) is 66.2 Å². The van der Waals surface area contributed by atoms with Crippen molar-refractivity contribution < 1.29 is 33.9 Å². The fourth-order valence-corrected chi connectivity index (χ4v) is 1.38. The molecule has 0 aliphatic carbocycles. The summed E-state index contributed by atoms with van der Waals surface area (Å²) in [5.74, 6) is 2.48. The van der Waals surface area contributed by atoms with Crippen LogP contribution in [0.5, 0.6) is 0 Å². The standard InChI is InChI=1S/C12H25.3CHO.Ru/c1-11(2)9-7-5-6-8-10-12(3)4;3*1-2;/h11H,5-10H2,1-4H3;3*1H;/q4*-1;+4. The van der Waals surface area contributed by atoms with Crippen LogP contribution in [0.2, 0.25) is 0 Å². The van der Waals surface area contributed by atoms with Gasteiger partial charge in [-0.15, -0.1) is 0 Å². The van der Waals surface area contributed by atoms with Crippen LogP contribution in [0, 0.1) is 11.8 Å². The molecule has 19 heavy (non-hydrogen) atoms. The largest absolute Gasteiger partial charge is 4.00 e. The molecular formula is C15H28O3Ru. The van der Waals surface area contributed by atoms with Crippen LogP contribution in [0.4, 0.5) is 0 Å². The molecule has 0 N–H and O–H groups in total. The Bertz CT molecular complexity index is 114. The Balaban J connectivity index is -0.0000000816. The number of hydrogen-bond donors (Lipinski definition) is 0. The van der Waals surface area contributed by atoms with E-state index in [-0.39, 0.29) is 19.5 Å². The third kappa shape index (κ3) is 57.8. The normalized spacial score (nSPS) is 7.89. The molecule has 3 nitrogen and oxygen atoms in total. The van der Waals surface area contributed by atoms with Gasteiger partial charge in [0, 0.05) is 0 Å². The van der Waals surface area contributed by atoms with Crippen LogP contribution in [-0.2, 0) is 33.9 Å². The average molecular weight is 357 g/mol. The van der Waals surface area contributed by atoms with Gasteiger partial charge in [0.05, 0.1) is 0 Å². The van der Waals surface area contributed by atoms with E-state index in [1.165, 1.54) is 38.5 Å². The third-order valence-electron chi connectivity index (χ3n) is 2.21. The van der Waals surface area contributed by atoms with Crippen molar-refractivity contribution in [1.29, 1.82) is 0 Å². The summed E-state index contributed by atoms with van der Waals surface area (Å²) in [6.45, 7) is 18.8. The first-order valence-electron chi connectivity index (χ1n) is 6.12. The minimum Gasteiger partial charge on any atom is -0.545 e. The fourth-order valence-electron chi connectivity index (χ4n) is 1.38. The number of carbonyl (C=O) groups excluding carboxylic acids is 3. The summed E-state index contributed by atoms with van der Waals surface area (Å²) in [5.41, 5.74) is 0. The molecular weight excluding hydrogens is 329 g/mol. The van der Waals surface area contributed by atoms with E-state index in [0.717, 1.165) is 5.92 Å². The first-order valence-corrected chi connectivity index (χ1v) is 6.12. The molecule has 0 aliphatic heterocycles. The third-order valence-corrected chi connectivity index (χ3v) is 2.21. The van der Waals surface area contributed by atoms with Crippen molar-refractivity contribution in [3.63, 3.8) is 0 Å². The Kier molecular flexibility index (Phi) is 59.1. The quantitative estimate of drug-likeness (QED) is 0.302. The SMILES string of the molecule is C[C-](C)CCCCCCC(C)C.[CH-]=O.[CH-]=O.[CH-]=O.[Ru+4]. The first kappa shape index (κ1) is 31.2. The summed E-state index contributed by atoms with van der Waals surface area (Å²) in [6.07, 6.45) is 8.45. The molecule has 0 aromatic heterocycles. The maximum Gasteiger partial charge on any atom is 4.00 e. The monoisotopic (exact) mass is 358 g/mol. The molecule has 0 atom stereocenters. The second kappa shape index (κ2) is 36.0. The summed E-state index contributed by atoms with van der Waals surface area (Å²) >= 11 is 0. The molecule has 0 fully saturated rings. The second-order valence-electron chi connectivity index (χ2n) is 4.55. The minimum atomic E-state index is 0. The zero-order valence-corrected chi connectivity index (χ0v) is 14.4. The molecule has 0 rings (SSSR count). The summed E-state index contributed by atoms with van der Waals surface area (Å²) in [6, 6.07) is 0. The molecule has 0 saturated carbocycles. The van der Waals surface area contributed by atoms with Gasteiger partial charge in [0.15, 0.2) is 0 Å². The molecule has 0 bridgehead atoms. The molecule has 0 unspecified atom stereocenters. The predicted octanol–water partition coefficient (Wildman–Crippen LogP) is 3.77.